The summed E-state index contributed by atoms with van der Waals surface area (Å²) in [6.07, 6.45) is -6.54. The molecule has 2 aliphatic rings. The van der Waals surface area contributed by atoms with Gasteiger partial charge in [0.1, 0.15) is 27.6 Å². The van der Waals surface area contributed by atoms with Crippen molar-refractivity contribution < 1.29 is 53.9 Å². The van der Waals surface area contributed by atoms with Crippen LogP contribution in [0.2, 0.25) is 0 Å². The molecule has 6 nitrogen and oxygen atoms in total. The van der Waals surface area contributed by atoms with Crippen LogP contribution in [0.5, 0.6) is 0 Å². The van der Waals surface area contributed by atoms with E-state index in [1.807, 2.05) is 0 Å². The number of carbonyl (C=O) groups is 3. The summed E-state index contributed by atoms with van der Waals surface area (Å²) in [7, 11) is 0. The number of allylic oxidation sites excluding steroid dienone is 4. The van der Waals surface area contributed by atoms with Gasteiger partial charge in [-0.25, -0.2) is 13.2 Å². The summed E-state index contributed by atoms with van der Waals surface area (Å²) in [6.45, 7) is 1.99. The van der Waals surface area contributed by atoms with Crippen LogP contribution in [0.1, 0.15) is 30.9 Å². The Hall–Kier alpha value is -3.69. The molecule has 0 radical (unpaired) electrons. The Morgan fingerprint density at radius 3 is 2.15 bits per heavy atom. The monoisotopic (exact) mass is 747 g/mol. The van der Waals surface area contributed by atoms with Gasteiger partial charge in [-0.1, -0.05) is 24.6 Å². The van der Waals surface area contributed by atoms with Crippen molar-refractivity contribution in [1.29, 1.82) is 0 Å². The Labute approximate surface area is 281 Å². The smallest absolute Gasteiger partial charge is 0.325 e. The first-order valence-electron chi connectivity index (χ1n) is 13.6. The maximum absolute atomic E-state index is 15.1. The third-order valence-corrected chi connectivity index (χ3v) is 9.01. The first-order valence-corrected chi connectivity index (χ1v) is 14.7. The second-order valence-corrected chi connectivity index (χ2v) is 12.7. The number of carbonyl (C=O) groups excluding carboxylic acids is 3. The molecule has 0 spiro atoms. The first-order chi connectivity index (χ1) is 22.0. The lowest BCUT2D eigenvalue weighted by molar-refractivity contribution is -0.175. The minimum absolute atomic E-state index is 0.0245. The Bertz CT molecular complexity index is 1770. The van der Waals surface area contributed by atoms with Gasteiger partial charge in [-0.2, -0.15) is 26.3 Å². The van der Waals surface area contributed by atoms with Crippen molar-refractivity contribution in [3.05, 3.63) is 93.4 Å². The van der Waals surface area contributed by atoms with Crippen molar-refractivity contribution in [2.75, 3.05) is 10.6 Å². The number of nitrogens with one attached hydrogen (secondary N) is 3. The molecule has 0 aliphatic heterocycles. The molecule has 0 aromatic heterocycles. The molecule has 0 bridgehead atoms. The molecule has 4 atom stereocenters. The number of anilines is 2. The summed E-state index contributed by atoms with van der Waals surface area (Å²) in [5.41, 5.74) is -3.76. The molecule has 258 valence electrons. The van der Waals surface area contributed by atoms with Gasteiger partial charge in [0.2, 0.25) is 17.7 Å². The molecule has 48 heavy (non-hydrogen) atoms. The van der Waals surface area contributed by atoms with Crippen molar-refractivity contribution >= 4 is 63.9 Å². The SMILES string of the molecule is CC(C(=O)Nc1c(F)ccc(NC(=O)/C=C2\C(NC(=O)[C@H]3[C@H](c4ccc(F)c(C(F)(F)F)c4)C3(Cl)Cl)=CC=C(Cl)[C@@H]2C)c1F)C(F)(F)F. The molecule has 1 fully saturated rings. The van der Waals surface area contributed by atoms with Gasteiger partial charge < -0.3 is 16.0 Å². The van der Waals surface area contributed by atoms with Crippen molar-refractivity contribution in [2.45, 2.75) is 36.5 Å². The minimum Gasteiger partial charge on any atom is -0.325 e. The standard InChI is InChI=1S/C30H21Cl3F9N3O3/c1-11-14(10-21(46)43-20-8-6-18(35)25(24(20)36)45-26(47)12(2)29(37,38)39)19(7-4-16(11)31)44-27(48)23-22(28(23,32)33)13-3-5-17(34)15(9-13)30(40,41)42/h3-12,22-23H,1-2H3,(H,43,46)(H,44,48)(H,45,47)/b14-10-/t11-,12?,22+,23-/m1/s1. The van der Waals surface area contributed by atoms with E-state index in [-0.39, 0.29) is 21.9 Å². The van der Waals surface area contributed by atoms with Crippen molar-refractivity contribution in [2.24, 2.45) is 17.8 Å². The van der Waals surface area contributed by atoms with Gasteiger partial charge in [-0.05, 0) is 54.5 Å². The average molecular weight is 749 g/mol. The fourth-order valence-corrected chi connectivity index (χ4v) is 5.80. The number of hydrogen-bond acceptors (Lipinski definition) is 3. The molecular weight excluding hydrogens is 728 g/mol. The second kappa shape index (κ2) is 13.3. The largest absolute Gasteiger partial charge is 0.419 e. The molecule has 2 aromatic rings. The number of hydrogen-bond donors (Lipinski definition) is 3. The fraction of sp³-hybridized carbons (Fsp3) is 0.300. The van der Waals surface area contributed by atoms with Gasteiger partial charge in [-0.15, -0.1) is 23.2 Å². The fourth-order valence-electron chi connectivity index (χ4n) is 4.79. The minimum atomic E-state index is -5.04. The molecule has 3 N–H and O–H groups in total. The lowest BCUT2D eigenvalue weighted by Crippen LogP contribution is -2.33. The van der Waals surface area contributed by atoms with Crippen molar-refractivity contribution in [1.82, 2.24) is 5.32 Å². The predicted octanol–water partition coefficient (Wildman–Crippen LogP) is 8.48. The van der Waals surface area contributed by atoms with Crippen LogP contribution in [0, 0.1) is 35.2 Å². The van der Waals surface area contributed by atoms with E-state index in [9.17, 15) is 49.5 Å². The van der Waals surface area contributed by atoms with Gasteiger partial charge in [0.05, 0.1) is 17.2 Å². The van der Waals surface area contributed by atoms with Gasteiger partial charge in [0.25, 0.3) is 0 Å². The Morgan fingerprint density at radius 2 is 1.54 bits per heavy atom. The third kappa shape index (κ3) is 7.62. The molecule has 0 heterocycles. The summed E-state index contributed by atoms with van der Waals surface area (Å²) >= 11 is 18.7. The predicted molar refractivity (Wildman–Crippen MR) is 158 cm³/mol. The molecular formula is C30H21Cl3F9N3O3. The topological polar surface area (TPSA) is 87.3 Å². The molecule has 2 aromatic carbocycles. The van der Waals surface area contributed by atoms with E-state index in [1.54, 1.807) is 0 Å². The number of rotatable bonds is 7. The van der Waals surface area contributed by atoms with Gasteiger partial charge in [0.15, 0.2) is 5.82 Å². The van der Waals surface area contributed by atoms with Gasteiger partial charge in [0, 0.05) is 28.6 Å². The summed E-state index contributed by atoms with van der Waals surface area (Å²) in [4.78, 5) is 38.1. The molecule has 18 heteroatoms. The maximum atomic E-state index is 15.1. The van der Waals surface area contributed by atoms with E-state index in [2.05, 4.69) is 10.6 Å². The first kappa shape index (κ1) is 37.1. The zero-order chi connectivity index (χ0) is 36.1. The highest BCUT2D eigenvalue weighted by Crippen LogP contribution is 2.65. The summed E-state index contributed by atoms with van der Waals surface area (Å²) in [5, 5.41) is 6.23. The molecule has 2 aliphatic carbocycles. The molecule has 1 unspecified atom stereocenters. The summed E-state index contributed by atoms with van der Waals surface area (Å²) in [6, 6.07) is 3.40. The number of halogens is 12. The van der Waals surface area contributed by atoms with E-state index >= 15 is 4.39 Å². The van der Waals surface area contributed by atoms with E-state index in [0.717, 1.165) is 18.2 Å². The van der Waals surface area contributed by atoms with E-state index < -0.39 is 92.5 Å². The van der Waals surface area contributed by atoms with E-state index in [1.165, 1.54) is 24.4 Å². The van der Waals surface area contributed by atoms with E-state index in [4.69, 9.17) is 34.8 Å². The van der Waals surface area contributed by atoms with Crippen LogP contribution < -0.4 is 16.0 Å². The van der Waals surface area contributed by atoms with Gasteiger partial charge in [-0.3, -0.25) is 14.4 Å². The lowest BCUT2D eigenvalue weighted by Gasteiger charge is -2.23. The third-order valence-electron chi connectivity index (χ3n) is 7.62. The zero-order valence-electron chi connectivity index (χ0n) is 24.2. The second-order valence-electron chi connectivity index (χ2n) is 10.8. The van der Waals surface area contributed by atoms with Crippen LogP contribution in [0.4, 0.5) is 50.9 Å². The van der Waals surface area contributed by atoms with Crippen molar-refractivity contribution in [3.8, 4) is 0 Å². The summed E-state index contributed by atoms with van der Waals surface area (Å²) < 4.78 is 120. The van der Waals surface area contributed by atoms with Crippen LogP contribution in [0.15, 0.2) is 64.9 Å². The van der Waals surface area contributed by atoms with Crippen LogP contribution >= 0.6 is 34.8 Å². The molecule has 1 saturated carbocycles. The highest BCUT2D eigenvalue weighted by Gasteiger charge is 2.68. The Morgan fingerprint density at radius 1 is 0.917 bits per heavy atom. The maximum Gasteiger partial charge on any atom is 0.419 e. The lowest BCUT2D eigenvalue weighted by atomic mass is 9.92. The Balaban J connectivity index is 1.55. The molecule has 0 saturated heterocycles. The van der Waals surface area contributed by atoms with Crippen LogP contribution in [-0.4, -0.2) is 28.2 Å². The number of alkyl halides is 8. The number of amides is 3. The van der Waals surface area contributed by atoms with Crippen molar-refractivity contribution in [3.63, 3.8) is 0 Å². The molecule has 3 amide bonds. The van der Waals surface area contributed by atoms with E-state index in [0.29, 0.717) is 25.1 Å². The van der Waals surface area contributed by atoms with Crippen LogP contribution in [-0.2, 0) is 20.6 Å². The Kier molecular flexibility index (Phi) is 10.3. The normalized spacial score (nSPS) is 22.0. The van der Waals surface area contributed by atoms with Gasteiger partial charge >= 0.3 is 12.4 Å². The zero-order valence-corrected chi connectivity index (χ0v) is 26.5. The highest BCUT2D eigenvalue weighted by molar-refractivity contribution is 6.53. The summed E-state index contributed by atoms with van der Waals surface area (Å²) in [5.74, 6) is -14.2. The quantitative estimate of drug-likeness (QED) is 0.151. The average Bonchev–Trinajstić information content (AvgIpc) is 3.56. The highest BCUT2D eigenvalue weighted by atomic mass is 35.5. The van der Waals surface area contributed by atoms with Crippen LogP contribution in [0.25, 0.3) is 0 Å². The number of benzene rings is 2. The molecule has 4 rings (SSSR count). The van der Waals surface area contributed by atoms with Crippen LogP contribution in [0.3, 0.4) is 0 Å².